The first-order valence-corrected chi connectivity index (χ1v) is 8.07. The van der Waals surface area contributed by atoms with Crippen LogP contribution in [-0.4, -0.2) is 24.6 Å². The molecule has 0 fully saturated rings. The average Bonchev–Trinajstić information content (AvgIpc) is 2.55. The fraction of sp³-hybridized carbons (Fsp3) is 0.294. The highest BCUT2D eigenvalue weighted by Crippen LogP contribution is 2.28. The van der Waals surface area contributed by atoms with Gasteiger partial charge in [-0.25, -0.2) is 4.98 Å². The second-order valence-corrected chi connectivity index (χ2v) is 5.76. The number of aromatic nitrogens is 1. The van der Waals surface area contributed by atoms with Gasteiger partial charge in [0.15, 0.2) is 0 Å². The first-order chi connectivity index (χ1) is 11.0. The van der Waals surface area contributed by atoms with Crippen LogP contribution >= 0.6 is 15.9 Å². The normalized spacial score (nSPS) is 11.7. The summed E-state index contributed by atoms with van der Waals surface area (Å²) in [4.78, 5) is 16.4. The van der Waals surface area contributed by atoms with E-state index in [1.165, 1.54) is 0 Å². The number of carbonyl (C=O) groups is 1. The molecular formula is C17H19BrN2O3. The zero-order valence-corrected chi connectivity index (χ0v) is 14.9. The molecule has 1 N–H and O–H groups in total. The quantitative estimate of drug-likeness (QED) is 0.831. The maximum atomic E-state index is 12.4. The Kier molecular flexibility index (Phi) is 5.98. The SMILES string of the molecule is CCOc1cc(C(=O)NC(C)c2ccc(OC)c(Br)c2)ccn1. The predicted octanol–water partition coefficient (Wildman–Crippen LogP) is 3.74. The Labute approximate surface area is 144 Å². The van der Waals surface area contributed by atoms with Crippen LogP contribution in [0.15, 0.2) is 41.0 Å². The molecule has 0 aliphatic rings. The molecule has 1 amide bonds. The Hall–Kier alpha value is -2.08. The predicted molar refractivity (Wildman–Crippen MR) is 92.0 cm³/mol. The van der Waals surface area contributed by atoms with Gasteiger partial charge in [-0.2, -0.15) is 0 Å². The van der Waals surface area contributed by atoms with E-state index in [0.29, 0.717) is 18.1 Å². The molecule has 1 aromatic carbocycles. The lowest BCUT2D eigenvalue weighted by Crippen LogP contribution is -2.26. The van der Waals surface area contributed by atoms with Crippen LogP contribution in [0.5, 0.6) is 11.6 Å². The molecule has 0 bridgehead atoms. The van der Waals surface area contributed by atoms with E-state index >= 15 is 0 Å². The first kappa shape index (κ1) is 17.3. The van der Waals surface area contributed by atoms with E-state index in [-0.39, 0.29) is 11.9 Å². The van der Waals surface area contributed by atoms with Crippen molar-refractivity contribution in [2.24, 2.45) is 0 Å². The van der Waals surface area contributed by atoms with Crippen molar-refractivity contribution < 1.29 is 14.3 Å². The summed E-state index contributed by atoms with van der Waals surface area (Å²) in [5.41, 5.74) is 1.49. The maximum absolute atomic E-state index is 12.4. The van der Waals surface area contributed by atoms with Crippen molar-refractivity contribution in [3.05, 3.63) is 52.1 Å². The summed E-state index contributed by atoms with van der Waals surface area (Å²) in [6.07, 6.45) is 1.56. The van der Waals surface area contributed by atoms with Gasteiger partial charge in [-0.05, 0) is 53.5 Å². The fourth-order valence-corrected chi connectivity index (χ4v) is 2.65. The first-order valence-electron chi connectivity index (χ1n) is 7.28. The highest BCUT2D eigenvalue weighted by atomic mass is 79.9. The number of amides is 1. The Bertz CT molecular complexity index is 691. The molecule has 2 rings (SSSR count). The molecule has 1 aromatic heterocycles. The zero-order valence-electron chi connectivity index (χ0n) is 13.3. The highest BCUT2D eigenvalue weighted by molar-refractivity contribution is 9.10. The number of rotatable bonds is 6. The number of nitrogens with zero attached hydrogens (tertiary/aromatic N) is 1. The molecular weight excluding hydrogens is 360 g/mol. The van der Waals surface area contributed by atoms with E-state index in [2.05, 4.69) is 26.2 Å². The van der Waals surface area contributed by atoms with Crippen LogP contribution in [0.25, 0.3) is 0 Å². The van der Waals surface area contributed by atoms with Crippen LogP contribution in [0.2, 0.25) is 0 Å². The Morgan fingerprint density at radius 1 is 1.35 bits per heavy atom. The van der Waals surface area contributed by atoms with Crippen molar-refractivity contribution in [2.75, 3.05) is 13.7 Å². The molecule has 122 valence electrons. The van der Waals surface area contributed by atoms with Gasteiger partial charge in [-0.1, -0.05) is 6.07 Å². The second kappa shape index (κ2) is 7.97. The molecule has 1 heterocycles. The molecule has 23 heavy (non-hydrogen) atoms. The minimum Gasteiger partial charge on any atom is -0.496 e. The molecule has 1 unspecified atom stereocenters. The van der Waals surface area contributed by atoms with E-state index < -0.39 is 0 Å². The molecule has 0 aliphatic carbocycles. The number of hydrogen-bond acceptors (Lipinski definition) is 4. The van der Waals surface area contributed by atoms with Gasteiger partial charge in [0.2, 0.25) is 5.88 Å². The summed E-state index contributed by atoms with van der Waals surface area (Å²) in [7, 11) is 1.62. The topological polar surface area (TPSA) is 60.5 Å². The number of methoxy groups -OCH3 is 1. The molecule has 0 saturated carbocycles. The number of pyridine rings is 1. The fourth-order valence-electron chi connectivity index (χ4n) is 2.09. The smallest absolute Gasteiger partial charge is 0.252 e. The van der Waals surface area contributed by atoms with Crippen molar-refractivity contribution in [3.8, 4) is 11.6 Å². The van der Waals surface area contributed by atoms with Crippen LogP contribution in [0.4, 0.5) is 0 Å². The van der Waals surface area contributed by atoms with Crippen molar-refractivity contribution in [1.82, 2.24) is 10.3 Å². The van der Waals surface area contributed by atoms with E-state index in [1.54, 1.807) is 25.4 Å². The van der Waals surface area contributed by atoms with Crippen molar-refractivity contribution >= 4 is 21.8 Å². The third-order valence-corrected chi connectivity index (χ3v) is 3.93. The third kappa shape index (κ3) is 4.45. The number of carbonyl (C=O) groups excluding carboxylic acids is 1. The maximum Gasteiger partial charge on any atom is 0.252 e. The monoisotopic (exact) mass is 378 g/mol. The summed E-state index contributed by atoms with van der Waals surface area (Å²) in [6.45, 7) is 4.31. The molecule has 2 aromatic rings. The minimum atomic E-state index is -0.173. The van der Waals surface area contributed by atoms with Gasteiger partial charge < -0.3 is 14.8 Å². The Balaban J connectivity index is 2.10. The highest BCUT2D eigenvalue weighted by Gasteiger charge is 2.14. The number of nitrogens with one attached hydrogen (secondary N) is 1. The molecule has 0 saturated heterocycles. The molecule has 5 nitrogen and oxygen atoms in total. The number of hydrogen-bond donors (Lipinski definition) is 1. The second-order valence-electron chi connectivity index (χ2n) is 4.90. The molecule has 0 aliphatic heterocycles. The number of ether oxygens (including phenoxy) is 2. The minimum absolute atomic E-state index is 0.145. The van der Waals surface area contributed by atoms with Crippen LogP contribution < -0.4 is 14.8 Å². The van der Waals surface area contributed by atoms with E-state index in [1.807, 2.05) is 32.0 Å². The summed E-state index contributed by atoms with van der Waals surface area (Å²) in [6, 6.07) is 8.87. The van der Waals surface area contributed by atoms with Gasteiger partial charge in [0.1, 0.15) is 5.75 Å². The molecule has 6 heteroatoms. The van der Waals surface area contributed by atoms with Crippen LogP contribution in [0.3, 0.4) is 0 Å². The lowest BCUT2D eigenvalue weighted by molar-refractivity contribution is 0.0939. The lowest BCUT2D eigenvalue weighted by atomic mass is 10.1. The molecule has 0 radical (unpaired) electrons. The van der Waals surface area contributed by atoms with Gasteiger partial charge in [0, 0.05) is 17.8 Å². The van der Waals surface area contributed by atoms with Gasteiger partial charge in [-0.3, -0.25) is 4.79 Å². The van der Waals surface area contributed by atoms with E-state index in [0.717, 1.165) is 15.8 Å². The van der Waals surface area contributed by atoms with Crippen molar-refractivity contribution in [3.63, 3.8) is 0 Å². The molecule has 1 atom stereocenters. The van der Waals surface area contributed by atoms with Gasteiger partial charge in [0.05, 0.1) is 24.2 Å². The summed E-state index contributed by atoms with van der Waals surface area (Å²) < 4.78 is 11.4. The van der Waals surface area contributed by atoms with Crippen LogP contribution in [0.1, 0.15) is 35.8 Å². The Morgan fingerprint density at radius 2 is 2.13 bits per heavy atom. The lowest BCUT2D eigenvalue weighted by Gasteiger charge is -2.16. The van der Waals surface area contributed by atoms with Crippen molar-refractivity contribution in [1.29, 1.82) is 0 Å². The van der Waals surface area contributed by atoms with Crippen LogP contribution in [-0.2, 0) is 0 Å². The van der Waals surface area contributed by atoms with E-state index in [4.69, 9.17) is 9.47 Å². The van der Waals surface area contributed by atoms with E-state index in [9.17, 15) is 4.79 Å². The largest absolute Gasteiger partial charge is 0.496 e. The van der Waals surface area contributed by atoms with Crippen LogP contribution in [0, 0.1) is 0 Å². The summed E-state index contributed by atoms with van der Waals surface area (Å²) >= 11 is 3.45. The van der Waals surface area contributed by atoms with Gasteiger partial charge in [0.25, 0.3) is 5.91 Å². The zero-order chi connectivity index (χ0) is 16.8. The standard InChI is InChI=1S/C17H19BrN2O3/c1-4-23-16-10-13(7-8-19-16)17(21)20-11(2)12-5-6-15(22-3)14(18)9-12/h5-11H,4H2,1-3H3,(H,20,21). The summed E-state index contributed by atoms with van der Waals surface area (Å²) in [5, 5.41) is 2.96. The summed E-state index contributed by atoms with van der Waals surface area (Å²) in [5.74, 6) is 1.02. The number of halogens is 1. The molecule has 0 spiro atoms. The van der Waals surface area contributed by atoms with Gasteiger partial charge >= 0.3 is 0 Å². The number of benzene rings is 1. The average molecular weight is 379 g/mol. The van der Waals surface area contributed by atoms with Crippen molar-refractivity contribution in [2.45, 2.75) is 19.9 Å². The third-order valence-electron chi connectivity index (χ3n) is 3.31. The van der Waals surface area contributed by atoms with Gasteiger partial charge in [-0.15, -0.1) is 0 Å². The Morgan fingerprint density at radius 3 is 2.78 bits per heavy atom.